The van der Waals surface area contributed by atoms with Gasteiger partial charge in [0, 0.05) is 16.1 Å². The maximum atomic E-state index is 10.4. The zero-order valence-corrected chi connectivity index (χ0v) is 6.36. The SMILES string of the molecule is COC(=O)[C@H](C)NBr. The van der Waals surface area contributed by atoms with Crippen molar-refractivity contribution in [1.29, 1.82) is 0 Å². The summed E-state index contributed by atoms with van der Waals surface area (Å²) in [5.74, 6) is -0.276. The summed E-state index contributed by atoms with van der Waals surface area (Å²) < 4.78 is 6.93. The van der Waals surface area contributed by atoms with E-state index < -0.39 is 0 Å². The fourth-order valence-corrected chi connectivity index (χ4v) is 0.408. The van der Waals surface area contributed by atoms with Gasteiger partial charge in [-0.25, -0.2) is 4.34 Å². The van der Waals surface area contributed by atoms with Crippen molar-refractivity contribution in [1.82, 2.24) is 4.34 Å². The van der Waals surface area contributed by atoms with Crippen LogP contribution in [0, 0.1) is 0 Å². The van der Waals surface area contributed by atoms with Crippen molar-refractivity contribution < 1.29 is 9.53 Å². The second-order valence-electron chi connectivity index (χ2n) is 1.35. The number of methoxy groups -OCH3 is 1. The lowest BCUT2D eigenvalue weighted by atomic mass is 10.4. The molecular weight excluding hydrogens is 174 g/mol. The highest BCUT2D eigenvalue weighted by Crippen LogP contribution is 1.86. The summed E-state index contributed by atoms with van der Waals surface area (Å²) in [4.78, 5) is 10.4. The molecule has 0 unspecified atom stereocenters. The molecule has 0 aromatic rings. The first kappa shape index (κ1) is 7.91. The Morgan fingerprint density at radius 2 is 2.38 bits per heavy atom. The van der Waals surface area contributed by atoms with Crippen LogP contribution in [-0.4, -0.2) is 19.1 Å². The summed E-state index contributed by atoms with van der Waals surface area (Å²) in [5, 5.41) is 0. The number of rotatable bonds is 2. The topological polar surface area (TPSA) is 38.3 Å². The summed E-state index contributed by atoms with van der Waals surface area (Å²) >= 11 is 2.91. The molecule has 1 atom stereocenters. The van der Waals surface area contributed by atoms with Gasteiger partial charge in [0.2, 0.25) is 0 Å². The molecule has 0 aromatic carbocycles. The minimum Gasteiger partial charge on any atom is -0.468 e. The van der Waals surface area contributed by atoms with Gasteiger partial charge in [-0.15, -0.1) is 0 Å². The number of carbonyl (C=O) groups excluding carboxylic acids is 1. The maximum absolute atomic E-state index is 10.4. The van der Waals surface area contributed by atoms with E-state index in [-0.39, 0.29) is 12.0 Å². The molecule has 0 heterocycles. The van der Waals surface area contributed by atoms with Gasteiger partial charge in [-0.3, -0.25) is 4.79 Å². The lowest BCUT2D eigenvalue weighted by molar-refractivity contribution is -0.141. The molecule has 0 bridgehead atoms. The van der Waals surface area contributed by atoms with Gasteiger partial charge >= 0.3 is 5.97 Å². The molecule has 4 heteroatoms. The van der Waals surface area contributed by atoms with Crippen molar-refractivity contribution in [3.05, 3.63) is 0 Å². The predicted molar refractivity (Wildman–Crippen MR) is 33.5 cm³/mol. The minimum absolute atomic E-state index is 0.276. The van der Waals surface area contributed by atoms with Gasteiger partial charge in [0.1, 0.15) is 6.04 Å². The molecule has 0 aliphatic heterocycles. The summed E-state index contributed by atoms with van der Waals surface area (Å²) in [6.07, 6.45) is 0. The normalized spacial score (nSPS) is 12.9. The van der Waals surface area contributed by atoms with E-state index in [1.54, 1.807) is 6.92 Å². The third-order valence-corrected chi connectivity index (χ3v) is 1.41. The highest BCUT2D eigenvalue weighted by molar-refractivity contribution is 9.08. The van der Waals surface area contributed by atoms with Crippen molar-refractivity contribution in [2.24, 2.45) is 0 Å². The standard InChI is InChI=1S/C4H8BrNO2/c1-3(6-5)4(7)8-2/h3,6H,1-2H3/t3-/m0/s1. The third-order valence-electron chi connectivity index (χ3n) is 0.718. The Morgan fingerprint density at radius 3 is 2.50 bits per heavy atom. The Kier molecular flexibility index (Phi) is 3.81. The number of hydrogen-bond donors (Lipinski definition) is 1. The maximum Gasteiger partial charge on any atom is 0.323 e. The van der Waals surface area contributed by atoms with Crippen LogP contribution in [0.2, 0.25) is 0 Å². The Labute approximate surface area is 56.7 Å². The van der Waals surface area contributed by atoms with E-state index in [0.717, 1.165) is 0 Å². The van der Waals surface area contributed by atoms with E-state index in [1.165, 1.54) is 7.11 Å². The van der Waals surface area contributed by atoms with E-state index >= 15 is 0 Å². The Bertz CT molecular complexity index is 86.1. The molecule has 0 radical (unpaired) electrons. The molecule has 0 fully saturated rings. The van der Waals surface area contributed by atoms with E-state index in [4.69, 9.17) is 0 Å². The molecule has 48 valence electrons. The number of halogens is 1. The van der Waals surface area contributed by atoms with Crippen LogP contribution in [0.25, 0.3) is 0 Å². The first-order chi connectivity index (χ1) is 3.72. The Morgan fingerprint density at radius 1 is 1.88 bits per heavy atom. The van der Waals surface area contributed by atoms with E-state index in [9.17, 15) is 4.79 Å². The van der Waals surface area contributed by atoms with Crippen LogP contribution in [0.15, 0.2) is 0 Å². The van der Waals surface area contributed by atoms with E-state index in [1.807, 2.05) is 0 Å². The van der Waals surface area contributed by atoms with Crippen molar-refractivity contribution in [2.75, 3.05) is 7.11 Å². The quantitative estimate of drug-likeness (QED) is 0.497. The molecule has 0 saturated carbocycles. The largest absolute Gasteiger partial charge is 0.468 e. The zero-order valence-electron chi connectivity index (χ0n) is 4.77. The molecule has 8 heavy (non-hydrogen) atoms. The Hall–Kier alpha value is -0.0900. The van der Waals surface area contributed by atoms with Gasteiger partial charge in [0.15, 0.2) is 0 Å². The number of ether oxygens (including phenoxy) is 1. The van der Waals surface area contributed by atoms with Crippen molar-refractivity contribution >= 4 is 22.1 Å². The van der Waals surface area contributed by atoms with E-state index in [0.29, 0.717) is 0 Å². The molecule has 0 aliphatic carbocycles. The molecular formula is C4H8BrNO2. The van der Waals surface area contributed by atoms with Crippen LogP contribution < -0.4 is 4.34 Å². The van der Waals surface area contributed by atoms with Crippen molar-refractivity contribution in [2.45, 2.75) is 13.0 Å². The number of carbonyl (C=O) groups is 1. The molecule has 0 aromatic heterocycles. The van der Waals surface area contributed by atoms with Crippen LogP contribution in [0.3, 0.4) is 0 Å². The molecule has 0 spiro atoms. The van der Waals surface area contributed by atoms with Gasteiger partial charge in [-0.1, -0.05) is 0 Å². The molecule has 0 aliphatic rings. The average Bonchev–Trinajstić information content (AvgIpc) is 1.84. The first-order valence-electron chi connectivity index (χ1n) is 2.16. The van der Waals surface area contributed by atoms with Crippen LogP contribution in [0.1, 0.15) is 6.92 Å². The van der Waals surface area contributed by atoms with Gasteiger partial charge in [0.25, 0.3) is 0 Å². The summed E-state index contributed by atoms with van der Waals surface area (Å²) in [7, 11) is 1.35. The van der Waals surface area contributed by atoms with Crippen LogP contribution in [-0.2, 0) is 9.53 Å². The molecule has 1 N–H and O–H groups in total. The van der Waals surface area contributed by atoms with Crippen molar-refractivity contribution in [3.8, 4) is 0 Å². The third kappa shape index (κ3) is 2.28. The second-order valence-corrected chi connectivity index (χ2v) is 1.81. The lowest BCUT2D eigenvalue weighted by Gasteiger charge is -2.03. The molecule has 0 saturated heterocycles. The molecule has 0 rings (SSSR count). The van der Waals surface area contributed by atoms with Crippen LogP contribution in [0.5, 0.6) is 0 Å². The van der Waals surface area contributed by atoms with Gasteiger partial charge < -0.3 is 4.74 Å². The lowest BCUT2D eigenvalue weighted by Crippen LogP contribution is -2.27. The Balaban J connectivity index is 3.46. The number of hydrogen-bond acceptors (Lipinski definition) is 3. The smallest absolute Gasteiger partial charge is 0.323 e. The highest BCUT2D eigenvalue weighted by Gasteiger charge is 2.08. The summed E-state index contributed by atoms with van der Waals surface area (Å²) in [6, 6.07) is -0.278. The first-order valence-corrected chi connectivity index (χ1v) is 2.95. The van der Waals surface area contributed by atoms with Crippen LogP contribution in [0.4, 0.5) is 0 Å². The number of esters is 1. The molecule has 0 amide bonds. The van der Waals surface area contributed by atoms with E-state index in [2.05, 4.69) is 25.2 Å². The summed E-state index contributed by atoms with van der Waals surface area (Å²) in [5.41, 5.74) is 0. The van der Waals surface area contributed by atoms with Crippen LogP contribution >= 0.6 is 16.1 Å². The number of nitrogens with one attached hydrogen (secondary N) is 1. The van der Waals surface area contributed by atoms with Gasteiger partial charge in [-0.05, 0) is 6.92 Å². The molecule has 3 nitrogen and oxygen atoms in total. The second kappa shape index (κ2) is 3.86. The van der Waals surface area contributed by atoms with Crippen molar-refractivity contribution in [3.63, 3.8) is 0 Å². The zero-order chi connectivity index (χ0) is 6.57. The minimum atomic E-state index is -0.278. The highest BCUT2D eigenvalue weighted by atomic mass is 79.9. The fourth-order valence-electron chi connectivity index (χ4n) is 0.221. The summed E-state index contributed by atoms with van der Waals surface area (Å²) in [6.45, 7) is 1.70. The van der Waals surface area contributed by atoms with Gasteiger partial charge in [-0.2, -0.15) is 0 Å². The average molecular weight is 182 g/mol. The monoisotopic (exact) mass is 181 g/mol. The predicted octanol–water partition coefficient (Wildman–Crippen LogP) is 0.447. The van der Waals surface area contributed by atoms with Gasteiger partial charge in [0.05, 0.1) is 7.11 Å². The fraction of sp³-hybridized carbons (Fsp3) is 0.750.